The third-order valence-corrected chi connectivity index (χ3v) is 3.16. The Balaban J connectivity index is 1.95. The molecular weight excluding hydrogens is 238 g/mol. The first kappa shape index (κ1) is 12.5. The summed E-state index contributed by atoms with van der Waals surface area (Å²) in [5.74, 6) is -0.927. The second kappa shape index (κ2) is 5.16. The van der Waals surface area contributed by atoms with Crippen molar-refractivity contribution in [3.63, 3.8) is 0 Å². The lowest BCUT2D eigenvalue weighted by atomic mass is 10.1. The number of likely N-dealkylation sites (tertiary alicyclic amines) is 1. The van der Waals surface area contributed by atoms with Crippen molar-refractivity contribution in [2.45, 2.75) is 19.3 Å². The Labute approximate surface area is 104 Å². The Morgan fingerprint density at radius 2 is 2.22 bits per heavy atom. The van der Waals surface area contributed by atoms with Gasteiger partial charge in [0, 0.05) is 25.9 Å². The Kier molecular flexibility index (Phi) is 3.59. The number of hydrogen-bond acceptors (Lipinski definition) is 5. The number of methoxy groups -OCH3 is 1. The van der Waals surface area contributed by atoms with Crippen LogP contribution < -0.4 is 5.43 Å². The van der Waals surface area contributed by atoms with Crippen LogP contribution in [0.4, 0.5) is 0 Å². The first-order chi connectivity index (χ1) is 8.61. The number of hydrazone groups is 1. The van der Waals surface area contributed by atoms with Crippen LogP contribution in [0.15, 0.2) is 5.10 Å². The monoisotopic (exact) mass is 253 g/mol. The quantitative estimate of drug-likeness (QED) is 0.657. The van der Waals surface area contributed by atoms with E-state index in [4.69, 9.17) is 0 Å². The molecule has 0 saturated carbocycles. The maximum absolute atomic E-state index is 12.1. The van der Waals surface area contributed by atoms with Crippen LogP contribution in [0.5, 0.6) is 0 Å². The van der Waals surface area contributed by atoms with E-state index in [0.717, 1.165) is 0 Å². The minimum Gasteiger partial charge on any atom is -0.469 e. The lowest BCUT2D eigenvalue weighted by Gasteiger charge is -2.19. The Hall–Kier alpha value is -1.92. The maximum Gasteiger partial charge on any atom is 0.310 e. The second-order valence-electron chi connectivity index (χ2n) is 4.35. The molecule has 1 saturated heterocycles. The SMILES string of the molecule is COC(=O)C1CCN(C(=O)C2=NNC(=O)CC2)C1. The van der Waals surface area contributed by atoms with Gasteiger partial charge in [0.05, 0.1) is 13.0 Å². The van der Waals surface area contributed by atoms with Gasteiger partial charge in [-0.15, -0.1) is 0 Å². The van der Waals surface area contributed by atoms with Crippen LogP contribution in [-0.2, 0) is 19.1 Å². The average molecular weight is 253 g/mol. The highest BCUT2D eigenvalue weighted by Gasteiger charge is 2.33. The summed E-state index contributed by atoms with van der Waals surface area (Å²) >= 11 is 0. The summed E-state index contributed by atoms with van der Waals surface area (Å²) in [4.78, 5) is 35.9. The molecule has 18 heavy (non-hydrogen) atoms. The van der Waals surface area contributed by atoms with Crippen LogP contribution in [-0.4, -0.2) is 48.6 Å². The van der Waals surface area contributed by atoms with E-state index in [1.54, 1.807) is 4.90 Å². The minimum absolute atomic E-state index is 0.180. The van der Waals surface area contributed by atoms with Gasteiger partial charge in [-0.3, -0.25) is 14.4 Å². The molecule has 1 fully saturated rings. The van der Waals surface area contributed by atoms with E-state index in [1.807, 2.05) is 0 Å². The number of amides is 2. The molecule has 2 heterocycles. The molecule has 2 rings (SSSR count). The number of ether oxygens (including phenoxy) is 1. The van der Waals surface area contributed by atoms with Gasteiger partial charge < -0.3 is 9.64 Å². The molecule has 7 nitrogen and oxygen atoms in total. The second-order valence-corrected chi connectivity index (χ2v) is 4.35. The molecule has 7 heteroatoms. The van der Waals surface area contributed by atoms with Crippen molar-refractivity contribution < 1.29 is 19.1 Å². The largest absolute Gasteiger partial charge is 0.469 e. The average Bonchev–Trinajstić information content (AvgIpc) is 2.87. The first-order valence-electron chi connectivity index (χ1n) is 5.84. The van der Waals surface area contributed by atoms with E-state index in [9.17, 15) is 14.4 Å². The summed E-state index contributed by atoms with van der Waals surface area (Å²) in [5.41, 5.74) is 2.64. The number of nitrogens with one attached hydrogen (secondary N) is 1. The zero-order chi connectivity index (χ0) is 13.1. The molecule has 1 N–H and O–H groups in total. The molecule has 0 bridgehead atoms. The molecule has 1 unspecified atom stereocenters. The number of carbonyl (C=O) groups excluding carboxylic acids is 3. The Morgan fingerprint density at radius 1 is 1.44 bits per heavy atom. The smallest absolute Gasteiger partial charge is 0.310 e. The number of esters is 1. The Morgan fingerprint density at radius 3 is 2.83 bits per heavy atom. The van der Waals surface area contributed by atoms with Gasteiger partial charge in [-0.2, -0.15) is 5.10 Å². The molecule has 0 aliphatic carbocycles. The summed E-state index contributed by atoms with van der Waals surface area (Å²) in [5, 5.41) is 3.75. The summed E-state index contributed by atoms with van der Waals surface area (Å²) in [6, 6.07) is 0. The fourth-order valence-electron chi connectivity index (χ4n) is 2.11. The molecule has 2 aliphatic rings. The lowest BCUT2D eigenvalue weighted by molar-refractivity contribution is -0.145. The molecule has 1 atom stereocenters. The maximum atomic E-state index is 12.1. The van der Waals surface area contributed by atoms with E-state index in [0.29, 0.717) is 31.6 Å². The van der Waals surface area contributed by atoms with Crippen molar-refractivity contribution in [2.75, 3.05) is 20.2 Å². The predicted molar refractivity (Wildman–Crippen MR) is 61.5 cm³/mol. The van der Waals surface area contributed by atoms with Gasteiger partial charge in [0.15, 0.2) is 0 Å². The number of rotatable bonds is 2. The van der Waals surface area contributed by atoms with Crippen LogP contribution in [0.25, 0.3) is 0 Å². The molecule has 0 spiro atoms. The van der Waals surface area contributed by atoms with Gasteiger partial charge in [-0.25, -0.2) is 5.43 Å². The van der Waals surface area contributed by atoms with Crippen LogP contribution in [0, 0.1) is 5.92 Å². The molecular formula is C11H15N3O4. The summed E-state index contributed by atoms with van der Waals surface area (Å²) in [6.07, 6.45) is 1.24. The van der Waals surface area contributed by atoms with Crippen LogP contribution >= 0.6 is 0 Å². The van der Waals surface area contributed by atoms with Crippen molar-refractivity contribution in [1.82, 2.24) is 10.3 Å². The standard InChI is InChI=1S/C11H15N3O4/c1-18-11(17)7-4-5-14(6-7)10(16)8-2-3-9(15)13-12-8/h7H,2-6H2,1H3,(H,13,15). The fraction of sp³-hybridized carbons (Fsp3) is 0.636. The summed E-state index contributed by atoms with van der Waals surface area (Å²) < 4.78 is 4.66. The van der Waals surface area contributed by atoms with Gasteiger partial charge in [-0.1, -0.05) is 0 Å². The third-order valence-electron chi connectivity index (χ3n) is 3.16. The molecule has 2 aliphatic heterocycles. The van der Waals surface area contributed by atoms with Crippen molar-refractivity contribution in [2.24, 2.45) is 11.0 Å². The van der Waals surface area contributed by atoms with Crippen molar-refractivity contribution in [3.8, 4) is 0 Å². The van der Waals surface area contributed by atoms with Gasteiger partial charge in [0.2, 0.25) is 5.91 Å². The molecule has 0 aromatic rings. The van der Waals surface area contributed by atoms with E-state index >= 15 is 0 Å². The first-order valence-corrected chi connectivity index (χ1v) is 5.84. The lowest BCUT2D eigenvalue weighted by Crippen LogP contribution is -2.39. The van der Waals surface area contributed by atoms with Gasteiger partial charge in [0.25, 0.3) is 5.91 Å². The predicted octanol–water partition coefficient (Wildman–Crippen LogP) is -0.726. The van der Waals surface area contributed by atoms with E-state index in [1.165, 1.54) is 7.11 Å². The normalized spacial score (nSPS) is 23.4. The zero-order valence-corrected chi connectivity index (χ0v) is 10.1. The van der Waals surface area contributed by atoms with E-state index in [-0.39, 0.29) is 30.1 Å². The molecule has 0 radical (unpaired) electrons. The third kappa shape index (κ3) is 2.49. The highest BCUT2D eigenvalue weighted by Crippen LogP contribution is 2.18. The fourth-order valence-corrected chi connectivity index (χ4v) is 2.11. The topological polar surface area (TPSA) is 88.1 Å². The number of nitrogens with zero attached hydrogens (tertiary/aromatic N) is 2. The molecule has 2 amide bonds. The van der Waals surface area contributed by atoms with E-state index in [2.05, 4.69) is 15.3 Å². The van der Waals surface area contributed by atoms with E-state index < -0.39 is 0 Å². The van der Waals surface area contributed by atoms with Crippen molar-refractivity contribution in [1.29, 1.82) is 0 Å². The highest BCUT2D eigenvalue weighted by atomic mass is 16.5. The van der Waals surface area contributed by atoms with Gasteiger partial charge in [-0.05, 0) is 6.42 Å². The summed E-state index contributed by atoms with van der Waals surface area (Å²) in [6.45, 7) is 0.879. The Bertz CT molecular complexity index is 419. The van der Waals surface area contributed by atoms with Crippen molar-refractivity contribution >= 4 is 23.5 Å². The highest BCUT2D eigenvalue weighted by molar-refractivity contribution is 6.39. The zero-order valence-electron chi connectivity index (χ0n) is 10.1. The van der Waals surface area contributed by atoms with Gasteiger partial charge >= 0.3 is 5.97 Å². The van der Waals surface area contributed by atoms with Crippen LogP contribution in [0.1, 0.15) is 19.3 Å². The van der Waals surface area contributed by atoms with Crippen LogP contribution in [0.3, 0.4) is 0 Å². The number of hydrogen-bond donors (Lipinski definition) is 1. The summed E-state index contributed by atoms with van der Waals surface area (Å²) in [7, 11) is 1.34. The number of carbonyl (C=O) groups is 3. The molecule has 0 aromatic carbocycles. The van der Waals surface area contributed by atoms with Crippen molar-refractivity contribution in [3.05, 3.63) is 0 Å². The molecule has 0 aromatic heterocycles. The minimum atomic E-state index is -0.288. The van der Waals surface area contributed by atoms with Gasteiger partial charge in [0.1, 0.15) is 5.71 Å². The molecule has 98 valence electrons. The van der Waals surface area contributed by atoms with Crippen LogP contribution in [0.2, 0.25) is 0 Å².